The van der Waals surface area contributed by atoms with Crippen LogP contribution in [0.2, 0.25) is 0 Å². The summed E-state index contributed by atoms with van der Waals surface area (Å²) in [5, 5.41) is 11.9. The number of carbonyl (C=O) groups is 1. The molecule has 1 fully saturated rings. The lowest BCUT2D eigenvalue weighted by atomic mass is 9.81. The van der Waals surface area contributed by atoms with Gasteiger partial charge in [-0.2, -0.15) is 0 Å². The summed E-state index contributed by atoms with van der Waals surface area (Å²) < 4.78 is 0. The van der Waals surface area contributed by atoms with E-state index in [2.05, 4.69) is 5.32 Å². The van der Waals surface area contributed by atoms with E-state index in [0.717, 1.165) is 6.54 Å². The fourth-order valence-corrected chi connectivity index (χ4v) is 1.23. The van der Waals surface area contributed by atoms with Crippen LogP contribution in [0.15, 0.2) is 0 Å². The Labute approximate surface area is 72.6 Å². The molecule has 1 rings (SSSR count). The maximum atomic E-state index is 10.7. The molecule has 2 atom stereocenters. The second-order valence-electron chi connectivity index (χ2n) is 3.25. The standard InChI is InChI=1S/C7H13NO2.ClH/c1-5-3-8-4-7(5,2)6(9)10;/h5,8H,3-4H2,1-2H3,(H,9,10);1H/t5-,7-;/m0./s1. The van der Waals surface area contributed by atoms with Crippen molar-refractivity contribution in [2.45, 2.75) is 13.8 Å². The number of hydrogen-bond acceptors (Lipinski definition) is 2. The van der Waals surface area contributed by atoms with E-state index in [4.69, 9.17) is 5.11 Å². The van der Waals surface area contributed by atoms with Crippen molar-refractivity contribution >= 4 is 18.4 Å². The molecule has 0 aromatic carbocycles. The average molecular weight is 180 g/mol. The SMILES string of the molecule is C[C@H]1CNC[C@]1(C)C(=O)O.Cl. The van der Waals surface area contributed by atoms with Gasteiger partial charge < -0.3 is 10.4 Å². The molecule has 66 valence electrons. The molecule has 1 aliphatic heterocycles. The van der Waals surface area contributed by atoms with Crippen molar-refractivity contribution in [1.29, 1.82) is 0 Å². The van der Waals surface area contributed by atoms with E-state index in [1.54, 1.807) is 6.92 Å². The maximum absolute atomic E-state index is 10.7. The third-order valence-corrected chi connectivity index (χ3v) is 2.52. The fourth-order valence-electron chi connectivity index (χ4n) is 1.23. The molecule has 1 saturated heterocycles. The normalized spacial score (nSPS) is 36.4. The number of rotatable bonds is 1. The summed E-state index contributed by atoms with van der Waals surface area (Å²) in [6.07, 6.45) is 0. The molecule has 0 saturated carbocycles. The first-order valence-corrected chi connectivity index (χ1v) is 3.51. The number of halogens is 1. The Balaban J connectivity index is 0.000001000. The van der Waals surface area contributed by atoms with Crippen molar-refractivity contribution in [3.63, 3.8) is 0 Å². The van der Waals surface area contributed by atoms with E-state index in [-0.39, 0.29) is 18.3 Å². The molecule has 1 aliphatic rings. The topological polar surface area (TPSA) is 49.3 Å². The molecular formula is C7H14ClNO2. The molecule has 11 heavy (non-hydrogen) atoms. The van der Waals surface area contributed by atoms with Crippen molar-refractivity contribution in [3.8, 4) is 0 Å². The molecule has 0 spiro atoms. The van der Waals surface area contributed by atoms with E-state index < -0.39 is 11.4 Å². The van der Waals surface area contributed by atoms with Crippen molar-refractivity contribution < 1.29 is 9.90 Å². The highest BCUT2D eigenvalue weighted by atomic mass is 35.5. The maximum Gasteiger partial charge on any atom is 0.310 e. The summed E-state index contributed by atoms with van der Waals surface area (Å²) in [4.78, 5) is 10.7. The minimum Gasteiger partial charge on any atom is -0.481 e. The lowest BCUT2D eigenvalue weighted by Gasteiger charge is -2.21. The van der Waals surface area contributed by atoms with E-state index in [1.165, 1.54) is 0 Å². The number of carboxylic acids is 1. The van der Waals surface area contributed by atoms with Crippen molar-refractivity contribution in [3.05, 3.63) is 0 Å². The minimum absolute atomic E-state index is 0. The van der Waals surface area contributed by atoms with Crippen LogP contribution in [0.5, 0.6) is 0 Å². The van der Waals surface area contributed by atoms with Crippen LogP contribution in [0.3, 0.4) is 0 Å². The first kappa shape index (κ1) is 10.7. The Morgan fingerprint density at radius 2 is 2.27 bits per heavy atom. The first-order chi connectivity index (χ1) is 4.57. The van der Waals surface area contributed by atoms with Crippen LogP contribution in [-0.2, 0) is 4.79 Å². The van der Waals surface area contributed by atoms with Gasteiger partial charge in [0.05, 0.1) is 5.41 Å². The van der Waals surface area contributed by atoms with Crippen LogP contribution in [0.4, 0.5) is 0 Å². The van der Waals surface area contributed by atoms with Crippen LogP contribution in [0.1, 0.15) is 13.8 Å². The third kappa shape index (κ3) is 1.65. The van der Waals surface area contributed by atoms with Crippen LogP contribution in [-0.4, -0.2) is 24.2 Å². The summed E-state index contributed by atoms with van der Waals surface area (Å²) in [6, 6.07) is 0. The number of nitrogens with one attached hydrogen (secondary N) is 1. The van der Waals surface area contributed by atoms with Crippen LogP contribution < -0.4 is 5.32 Å². The molecule has 0 aromatic heterocycles. The highest BCUT2D eigenvalue weighted by Crippen LogP contribution is 2.30. The third-order valence-electron chi connectivity index (χ3n) is 2.52. The molecule has 4 heteroatoms. The highest BCUT2D eigenvalue weighted by molar-refractivity contribution is 5.85. The van der Waals surface area contributed by atoms with Gasteiger partial charge in [-0.15, -0.1) is 12.4 Å². The van der Waals surface area contributed by atoms with E-state index >= 15 is 0 Å². The predicted molar refractivity (Wildman–Crippen MR) is 45.0 cm³/mol. The second kappa shape index (κ2) is 3.41. The Morgan fingerprint density at radius 3 is 2.45 bits per heavy atom. The molecule has 0 radical (unpaired) electrons. The molecule has 0 amide bonds. The molecule has 2 N–H and O–H groups in total. The average Bonchev–Trinajstić information content (AvgIpc) is 2.15. The van der Waals surface area contributed by atoms with Crippen LogP contribution in [0, 0.1) is 11.3 Å². The predicted octanol–water partition coefficient (Wildman–Crippen LogP) is 0.738. The summed E-state index contributed by atoms with van der Waals surface area (Å²) in [5.41, 5.74) is -0.542. The van der Waals surface area contributed by atoms with E-state index in [1.807, 2.05) is 6.92 Å². The Hall–Kier alpha value is -0.280. The summed E-state index contributed by atoms with van der Waals surface area (Å²) in [6.45, 7) is 5.18. The largest absolute Gasteiger partial charge is 0.481 e. The highest BCUT2D eigenvalue weighted by Gasteiger charge is 2.42. The Morgan fingerprint density at radius 1 is 1.73 bits per heavy atom. The summed E-state index contributed by atoms with van der Waals surface area (Å²) in [5.74, 6) is -0.449. The van der Waals surface area contributed by atoms with Gasteiger partial charge in [0.15, 0.2) is 0 Å². The summed E-state index contributed by atoms with van der Waals surface area (Å²) >= 11 is 0. The van der Waals surface area contributed by atoms with Crippen LogP contribution in [0.25, 0.3) is 0 Å². The van der Waals surface area contributed by atoms with Gasteiger partial charge in [0.25, 0.3) is 0 Å². The van der Waals surface area contributed by atoms with Crippen molar-refractivity contribution in [2.24, 2.45) is 11.3 Å². The van der Waals surface area contributed by atoms with Crippen LogP contribution >= 0.6 is 12.4 Å². The van der Waals surface area contributed by atoms with Gasteiger partial charge in [-0.25, -0.2) is 0 Å². The molecular weight excluding hydrogens is 166 g/mol. The molecule has 0 unspecified atom stereocenters. The molecule has 0 bridgehead atoms. The second-order valence-corrected chi connectivity index (χ2v) is 3.25. The smallest absolute Gasteiger partial charge is 0.310 e. The van der Waals surface area contributed by atoms with Crippen molar-refractivity contribution in [1.82, 2.24) is 5.32 Å². The van der Waals surface area contributed by atoms with Gasteiger partial charge >= 0.3 is 5.97 Å². The fraction of sp³-hybridized carbons (Fsp3) is 0.857. The van der Waals surface area contributed by atoms with Crippen molar-refractivity contribution in [2.75, 3.05) is 13.1 Å². The number of hydrogen-bond donors (Lipinski definition) is 2. The lowest BCUT2D eigenvalue weighted by molar-refractivity contribution is -0.148. The quantitative estimate of drug-likeness (QED) is 0.624. The zero-order chi connectivity index (χ0) is 7.78. The Bertz CT molecular complexity index is 163. The van der Waals surface area contributed by atoms with E-state index in [0.29, 0.717) is 6.54 Å². The zero-order valence-corrected chi connectivity index (χ0v) is 7.57. The molecule has 0 aromatic rings. The van der Waals surface area contributed by atoms with Gasteiger partial charge in [0.1, 0.15) is 0 Å². The Kier molecular flexibility index (Phi) is 3.32. The van der Waals surface area contributed by atoms with Gasteiger partial charge in [-0.05, 0) is 19.4 Å². The molecule has 1 heterocycles. The number of carboxylic acid groups (broad SMARTS) is 1. The zero-order valence-electron chi connectivity index (χ0n) is 6.76. The van der Waals surface area contributed by atoms with Gasteiger partial charge in [0, 0.05) is 6.54 Å². The molecule has 0 aliphatic carbocycles. The van der Waals surface area contributed by atoms with E-state index in [9.17, 15) is 4.79 Å². The minimum atomic E-state index is -0.690. The monoisotopic (exact) mass is 179 g/mol. The first-order valence-electron chi connectivity index (χ1n) is 3.51. The van der Waals surface area contributed by atoms with Gasteiger partial charge in [0.2, 0.25) is 0 Å². The lowest BCUT2D eigenvalue weighted by Crippen LogP contribution is -2.34. The molecule has 3 nitrogen and oxygen atoms in total. The van der Waals surface area contributed by atoms with Gasteiger partial charge in [-0.1, -0.05) is 6.92 Å². The number of aliphatic carboxylic acids is 1. The van der Waals surface area contributed by atoms with Gasteiger partial charge in [-0.3, -0.25) is 4.79 Å². The summed E-state index contributed by atoms with van der Waals surface area (Å²) in [7, 11) is 0.